The predicted molar refractivity (Wildman–Crippen MR) is 96.9 cm³/mol. The van der Waals surface area contributed by atoms with E-state index >= 15 is 0 Å². The van der Waals surface area contributed by atoms with Crippen molar-refractivity contribution < 1.29 is 19.4 Å². The van der Waals surface area contributed by atoms with E-state index in [4.69, 9.17) is 0 Å². The second kappa shape index (κ2) is 6.62. The Bertz CT molecular complexity index is 992. The molecule has 0 bridgehead atoms. The van der Waals surface area contributed by atoms with Gasteiger partial charge < -0.3 is 20.1 Å². The van der Waals surface area contributed by atoms with Crippen LogP contribution in [0.25, 0.3) is 11.0 Å². The van der Waals surface area contributed by atoms with Gasteiger partial charge in [0.05, 0.1) is 11.5 Å². The van der Waals surface area contributed by atoms with Crippen LogP contribution in [0, 0.1) is 11.2 Å². The number of hydrogen-bond acceptors (Lipinski definition) is 5. The van der Waals surface area contributed by atoms with Gasteiger partial charge in [0.25, 0.3) is 0 Å². The second-order valence-electron chi connectivity index (χ2n) is 6.93. The Labute approximate surface area is 154 Å². The maximum Gasteiger partial charge on any atom is 0.314 e. The molecule has 8 heteroatoms. The highest BCUT2D eigenvalue weighted by Crippen LogP contribution is 2.37. The summed E-state index contributed by atoms with van der Waals surface area (Å²) in [6.07, 6.45) is 2.43. The van der Waals surface area contributed by atoms with E-state index in [9.17, 15) is 19.4 Å². The van der Waals surface area contributed by atoms with Gasteiger partial charge in [0, 0.05) is 19.3 Å². The number of halogens is 1. The molecular formula is C19H19FN4O3. The first-order valence-corrected chi connectivity index (χ1v) is 8.68. The fourth-order valence-electron chi connectivity index (χ4n) is 3.84. The number of nitrogens with one attached hydrogen (secondary N) is 1. The van der Waals surface area contributed by atoms with E-state index in [1.54, 1.807) is 18.3 Å². The van der Waals surface area contributed by atoms with Gasteiger partial charge in [0.1, 0.15) is 29.0 Å². The topological polar surface area (TPSA) is 102 Å². The molecule has 1 aliphatic heterocycles. The molecule has 0 aliphatic carbocycles. The number of aromatic amines is 1. The molecule has 0 radical (unpaired) electrons. The number of rotatable bonds is 4. The summed E-state index contributed by atoms with van der Waals surface area (Å²) in [7, 11) is 0. The molecule has 1 fully saturated rings. The van der Waals surface area contributed by atoms with Gasteiger partial charge in [0.2, 0.25) is 0 Å². The molecule has 140 valence electrons. The second-order valence-corrected chi connectivity index (χ2v) is 6.93. The Kier molecular flexibility index (Phi) is 4.27. The third kappa shape index (κ3) is 3.02. The minimum Gasteiger partial charge on any atom is -0.481 e. The van der Waals surface area contributed by atoms with Crippen LogP contribution in [0.3, 0.4) is 0 Å². The van der Waals surface area contributed by atoms with E-state index in [1.165, 1.54) is 18.5 Å². The van der Waals surface area contributed by atoms with Gasteiger partial charge in [-0.2, -0.15) is 0 Å². The maximum atomic E-state index is 13.6. The third-order valence-electron chi connectivity index (χ3n) is 5.25. The lowest BCUT2D eigenvalue weighted by Crippen LogP contribution is -2.57. The number of carboxylic acid groups (broad SMARTS) is 1. The van der Waals surface area contributed by atoms with Crippen LogP contribution in [0.4, 0.5) is 10.2 Å². The van der Waals surface area contributed by atoms with Crippen LogP contribution in [-0.2, 0) is 11.2 Å². The molecule has 27 heavy (non-hydrogen) atoms. The number of fused-ring (bicyclic) bond motifs is 1. The molecule has 0 saturated carbocycles. The van der Waals surface area contributed by atoms with E-state index in [-0.39, 0.29) is 19.4 Å². The quantitative estimate of drug-likeness (QED) is 0.649. The summed E-state index contributed by atoms with van der Waals surface area (Å²) in [5.41, 5.74) is -0.260. The zero-order valence-corrected chi connectivity index (χ0v) is 14.5. The van der Waals surface area contributed by atoms with Gasteiger partial charge in [-0.05, 0) is 36.6 Å². The van der Waals surface area contributed by atoms with E-state index in [2.05, 4.69) is 15.0 Å². The molecule has 2 aromatic heterocycles. The smallest absolute Gasteiger partial charge is 0.314 e. The van der Waals surface area contributed by atoms with Crippen molar-refractivity contribution in [1.29, 1.82) is 0 Å². The minimum absolute atomic E-state index is 0.0269. The monoisotopic (exact) mass is 370 g/mol. The van der Waals surface area contributed by atoms with Crippen molar-refractivity contribution in [2.75, 3.05) is 18.0 Å². The fourth-order valence-corrected chi connectivity index (χ4v) is 3.84. The summed E-state index contributed by atoms with van der Waals surface area (Å²) in [6, 6.07) is 7.68. The van der Waals surface area contributed by atoms with Crippen molar-refractivity contribution in [2.24, 2.45) is 5.41 Å². The molecule has 0 unspecified atom stereocenters. The number of benzene rings is 1. The number of aliphatic hydroxyl groups excluding tert-OH is 1. The van der Waals surface area contributed by atoms with E-state index in [0.717, 1.165) is 5.39 Å². The first-order valence-electron chi connectivity index (χ1n) is 8.68. The van der Waals surface area contributed by atoms with Crippen LogP contribution < -0.4 is 4.90 Å². The SMILES string of the molecule is O=C(O)[C@]1(Cc2cccc(F)c2)CN(c2ncnc3[nH]ccc23)CC[C@@H]1O. The highest BCUT2D eigenvalue weighted by molar-refractivity contribution is 5.88. The molecular weight excluding hydrogens is 351 g/mol. The molecule has 0 amide bonds. The molecule has 1 aromatic carbocycles. The van der Waals surface area contributed by atoms with Gasteiger partial charge in [-0.3, -0.25) is 4.79 Å². The third-order valence-corrected chi connectivity index (χ3v) is 5.25. The lowest BCUT2D eigenvalue weighted by atomic mass is 9.73. The van der Waals surface area contributed by atoms with Crippen LogP contribution >= 0.6 is 0 Å². The Balaban J connectivity index is 1.72. The van der Waals surface area contributed by atoms with Gasteiger partial charge in [-0.15, -0.1) is 0 Å². The van der Waals surface area contributed by atoms with Crippen LogP contribution in [0.15, 0.2) is 42.9 Å². The van der Waals surface area contributed by atoms with Crippen LogP contribution in [0.5, 0.6) is 0 Å². The maximum absolute atomic E-state index is 13.6. The molecule has 4 rings (SSSR count). The number of H-pyrrole nitrogens is 1. The number of carbonyl (C=O) groups is 1. The Morgan fingerprint density at radius 3 is 3.00 bits per heavy atom. The Hall–Kier alpha value is -3.00. The van der Waals surface area contributed by atoms with Crippen molar-refractivity contribution in [3.8, 4) is 0 Å². The van der Waals surface area contributed by atoms with E-state index in [0.29, 0.717) is 23.6 Å². The summed E-state index contributed by atoms with van der Waals surface area (Å²) in [5.74, 6) is -0.915. The number of hydrogen-bond donors (Lipinski definition) is 3. The molecule has 3 heterocycles. The molecule has 2 atom stereocenters. The number of aromatic nitrogens is 3. The van der Waals surface area contributed by atoms with Crippen molar-refractivity contribution in [2.45, 2.75) is 18.9 Å². The summed E-state index contributed by atoms with van der Waals surface area (Å²) in [5, 5.41) is 21.4. The molecule has 0 spiro atoms. The molecule has 1 saturated heterocycles. The van der Waals surface area contributed by atoms with E-state index < -0.39 is 23.3 Å². The average molecular weight is 370 g/mol. The number of nitrogens with zero attached hydrogens (tertiary/aromatic N) is 3. The zero-order chi connectivity index (χ0) is 19.0. The van der Waals surface area contributed by atoms with Crippen molar-refractivity contribution in [3.63, 3.8) is 0 Å². The lowest BCUT2D eigenvalue weighted by molar-refractivity contribution is -0.157. The number of carboxylic acids is 1. The first-order chi connectivity index (χ1) is 13.0. The van der Waals surface area contributed by atoms with E-state index in [1.807, 2.05) is 11.0 Å². The highest BCUT2D eigenvalue weighted by Gasteiger charge is 2.49. The molecule has 3 N–H and O–H groups in total. The van der Waals surface area contributed by atoms with Crippen molar-refractivity contribution >= 4 is 22.8 Å². The molecule has 3 aromatic rings. The predicted octanol–water partition coefficient (Wildman–Crippen LogP) is 1.98. The van der Waals surface area contributed by atoms with Crippen LogP contribution in [0.2, 0.25) is 0 Å². The lowest BCUT2D eigenvalue weighted by Gasteiger charge is -2.44. The highest BCUT2D eigenvalue weighted by atomic mass is 19.1. The van der Waals surface area contributed by atoms with Crippen molar-refractivity contribution in [1.82, 2.24) is 15.0 Å². The van der Waals surface area contributed by atoms with Gasteiger partial charge in [0.15, 0.2) is 0 Å². The number of aliphatic hydroxyl groups is 1. The zero-order valence-electron chi connectivity index (χ0n) is 14.5. The first kappa shape index (κ1) is 17.4. The largest absolute Gasteiger partial charge is 0.481 e. The van der Waals surface area contributed by atoms with Gasteiger partial charge >= 0.3 is 5.97 Å². The average Bonchev–Trinajstić information content (AvgIpc) is 3.12. The molecule has 7 nitrogen and oxygen atoms in total. The molecule has 1 aliphatic rings. The standard InChI is InChI=1S/C19H19FN4O3/c20-13-3-1-2-12(8-13)9-19(18(26)27)10-24(7-5-15(19)25)17-14-4-6-21-16(14)22-11-23-17/h1-4,6,8,11,15,25H,5,7,9-10H2,(H,26,27)(H,21,22,23)/t15-,19+/m0/s1. The van der Waals surface area contributed by atoms with Gasteiger partial charge in [-0.25, -0.2) is 14.4 Å². The van der Waals surface area contributed by atoms with Crippen molar-refractivity contribution in [3.05, 3.63) is 54.2 Å². The van der Waals surface area contributed by atoms with Crippen LogP contribution in [0.1, 0.15) is 12.0 Å². The summed E-state index contributed by atoms with van der Waals surface area (Å²) in [4.78, 5) is 25.6. The van der Waals surface area contributed by atoms with Crippen LogP contribution in [-0.4, -0.2) is 50.3 Å². The fraction of sp³-hybridized carbons (Fsp3) is 0.316. The normalized spacial score (nSPS) is 22.9. The number of anilines is 1. The number of piperidine rings is 1. The minimum atomic E-state index is -1.46. The summed E-state index contributed by atoms with van der Waals surface area (Å²) >= 11 is 0. The summed E-state index contributed by atoms with van der Waals surface area (Å²) in [6.45, 7) is 0.536. The Morgan fingerprint density at radius 1 is 1.37 bits per heavy atom. The Morgan fingerprint density at radius 2 is 2.22 bits per heavy atom. The van der Waals surface area contributed by atoms with Gasteiger partial charge in [-0.1, -0.05) is 12.1 Å². The summed E-state index contributed by atoms with van der Waals surface area (Å²) < 4.78 is 13.6. The number of aliphatic carboxylic acids is 1.